The highest BCUT2D eigenvalue weighted by molar-refractivity contribution is 6.32. The topological polar surface area (TPSA) is 116 Å². The van der Waals surface area contributed by atoms with Crippen LogP contribution in [0.2, 0.25) is 5.02 Å². The Labute approximate surface area is 134 Å². The lowest BCUT2D eigenvalue weighted by Crippen LogP contribution is -2.42. The zero-order chi connectivity index (χ0) is 16.4. The van der Waals surface area contributed by atoms with Gasteiger partial charge in [0, 0.05) is 6.07 Å². The van der Waals surface area contributed by atoms with Crippen LogP contribution in [0, 0.1) is 10.1 Å². The summed E-state index contributed by atoms with van der Waals surface area (Å²) >= 11 is 5.54. The fraction of sp³-hybridized carbons (Fsp3) is 0.364. The number of phenols is 1. The van der Waals surface area contributed by atoms with E-state index in [4.69, 9.17) is 17.3 Å². The van der Waals surface area contributed by atoms with Crippen molar-refractivity contribution >= 4 is 35.7 Å². The van der Waals surface area contributed by atoms with Crippen molar-refractivity contribution in [2.75, 3.05) is 6.61 Å². The van der Waals surface area contributed by atoms with E-state index in [1.165, 1.54) is 6.92 Å². The van der Waals surface area contributed by atoms with Crippen LogP contribution in [0.5, 0.6) is 5.75 Å². The number of alkyl halides is 2. The Bertz CT molecular complexity index is 586. The third kappa shape index (κ3) is 3.73. The van der Waals surface area contributed by atoms with Crippen molar-refractivity contribution in [2.24, 2.45) is 5.73 Å². The van der Waals surface area contributed by atoms with E-state index < -0.39 is 44.9 Å². The SMILES string of the molecule is CCOC(=O)C(F)(F)[C@@H](N)c1c([N+](=O)[O-])ccc(Cl)c1O.Cl. The zero-order valence-electron chi connectivity index (χ0n) is 11.1. The number of carbonyl (C=O) groups excluding carboxylic acids is 1. The molecule has 0 saturated carbocycles. The van der Waals surface area contributed by atoms with Crippen LogP contribution in [0.15, 0.2) is 12.1 Å². The number of nitrogens with zero attached hydrogens (tertiary/aromatic N) is 1. The molecule has 0 aliphatic heterocycles. The lowest BCUT2D eigenvalue weighted by molar-refractivity contribution is -0.386. The maximum Gasteiger partial charge on any atom is 0.379 e. The van der Waals surface area contributed by atoms with E-state index in [9.17, 15) is 28.8 Å². The largest absolute Gasteiger partial charge is 0.506 e. The van der Waals surface area contributed by atoms with E-state index >= 15 is 0 Å². The highest BCUT2D eigenvalue weighted by Gasteiger charge is 2.51. The molecule has 0 saturated heterocycles. The summed E-state index contributed by atoms with van der Waals surface area (Å²) in [4.78, 5) is 21.0. The van der Waals surface area contributed by atoms with Crippen LogP contribution in [0.4, 0.5) is 14.5 Å². The number of ether oxygens (including phenoxy) is 1. The molecule has 124 valence electrons. The van der Waals surface area contributed by atoms with E-state index in [-0.39, 0.29) is 19.0 Å². The maximum absolute atomic E-state index is 13.9. The van der Waals surface area contributed by atoms with Crippen LogP contribution in [-0.2, 0) is 9.53 Å². The molecule has 0 heterocycles. The van der Waals surface area contributed by atoms with Gasteiger partial charge in [0.05, 0.1) is 22.1 Å². The monoisotopic (exact) mass is 360 g/mol. The van der Waals surface area contributed by atoms with Gasteiger partial charge in [0.2, 0.25) is 0 Å². The highest BCUT2D eigenvalue weighted by Crippen LogP contribution is 2.43. The lowest BCUT2D eigenvalue weighted by atomic mass is 9.98. The molecule has 0 radical (unpaired) electrons. The minimum atomic E-state index is -4.27. The van der Waals surface area contributed by atoms with Crippen molar-refractivity contribution in [2.45, 2.75) is 18.9 Å². The molecule has 0 aliphatic rings. The molecule has 0 aliphatic carbocycles. The third-order valence-corrected chi connectivity index (χ3v) is 2.90. The summed E-state index contributed by atoms with van der Waals surface area (Å²) in [5.41, 5.74) is 3.42. The zero-order valence-corrected chi connectivity index (χ0v) is 12.7. The van der Waals surface area contributed by atoms with Crippen LogP contribution in [0.25, 0.3) is 0 Å². The first-order chi connectivity index (χ1) is 9.64. The van der Waals surface area contributed by atoms with Gasteiger partial charge in [0.25, 0.3) is 5.69 Å². The fourth-order valence-corrected chi connectivity index (χ4v) is 1.74. The minimum absolute atomic E-state index is 0. The van der Waals surface area contributed by atoms with E-state index in [1.807, 2.05) is 0 Å². The lowest BCUT2D eigenvalue weighted by Gasteiger charge is -2.22. The molecule has 1 aromatic rings. The number of rotatable bonds is 5. The predicted octanol–water partition coefficient (Wildman–Crippen LogP) is 2.57. The van der Waals surface area contributed by atoms with Gasteiger partial charge in [-0.1, -0.05) is 11.6 Å². The number of halogens is 4. The molecule has 1 rings (SSSR count). The van der Waals surface area contributed by atoms with Gasteiger partial charge in [-0.2, -0.15) is 8.78 Å². The first kappa shape index (κ1) is 20.3. The second-order valence-corrected chi connectivity index (χ2v) is 4.31. The number of nitro groups is 1. The van der Waals surface area contributed by atoms with E-state index in [0.717, 1.165) is 12.1 Å². The van der Waals surface area contributed by atoms with Crippen molar-refractivity contribution < 1.29 is 28.3 Å². The first-order valence-corrected chi connectivity index (χ1v) is 5.98. The smallest absolute Gasteiger partial charge is 0.379 e. The fourth-order valence-electron chi connectivity index (χ4n) is 1.57. The van der Waals surface area contributed by atoms with E-state index in [2.05, 4.69) is 4.74 Å². The molecule has 1 atom stereocenters. The Morgan fingerprint density at radius 3 is 2.59 bits per heavy atom. The molecule has 0 spiro atoms. The summed E-state index contributed by atoms with van der Waals surface area (Å²) in [6, 6.07) is -0.734. The number of carbonyl (C=O) groups is 1. The molecular weight excluding hydrogens is 349 g/mol. The summed E-state index contributed by atoms with van der Waals surface area (Å²) in [5, 5.41) is 20.1. The molecule has 7 nitrogen and oxygen atoms in total. The van der Waals surface area contributed by atoms with Crippen LogP contribution < -0.4 is 5.73 Å². The molecule has 1 aromatic carbocycles. The summed E-state index contributed by atoms with van der Waals surface area (Å²) in [7, 11) is 0. The number of nitro benzene ring substituents is 1. The number of phenolic OH excluding ortho intramolecular Hbond substituents is 1. The number of benzene rings is 1. The van der Waals surface area contributed by atoms with Crippen LogP contribution >= 0.6 is 24.0 Å². The Morgan fingerprint density at radius 2 is 2.14 bits per heavy atom. The second kappa shape index (κ2) is 7.52. The van der Waals surface area contributed by atoms with Crippen molar-refractivity contribution in [3.63, 3.8) is 0 Å². The molecule has 0 fully saturated rings. The van der Waals surface area contributed by atoms with Crippen LogP contribution in [0.3, 0.4) is 0 Å². The van der Waals surface area contributed by atoms with Gasteiger partial charge < -0.3 is 15.6 Å². The van der Waals surface area contributed by atoms with Gasteiger partial charge >= 0.3 is 11.9 Å². The third-order valence-electron chi connectivity index (χ3n) is 2.59. The number of hydrogen-bond acceptors (Lipinski definition) is 6. The van der Waals surface area contributed by atoms with Crippen molar-refractivity contribution in [3.8, 4) is 5.75 Å². The van der Waals surface area contributed by atoms with Crippen molar-refractivity contribution in [3.05, 3.63) is 32.8 Å². The van der Waals surface area contributed by atoms with Gasteiger partial charge in [-0.25, -0.2) is 4.79 Å². The maximum atomic E-state index is 13.9. The summed E-state index contributed by atoms with van der Waals surface area (Å²) in [6.07, 6.45) is 0. The average Bonchev–Trinajstić information content (AvgIpc) is 2.40. The molecule has 0 unspecified atom stereocenters. The van der Waals surface area contributed by atoms with E-state index in [1.54, 1.807) is 0 Å². The van der Waals surface area contributed by atoms with E-state index in [0.29, 0.717) is 0 Å². The second-order valence-electron chi connectivity index (χ2n) is 3.91. The number of aromatic hydroxyl groups is 1. The number of esters is 1. The Kier molecular flexibility index (Phi) is 6.94. The first-order valence-electron chi connectivity index (χ1n) is 5.60. The van der Waals surface area contributed by atoms with Crippen LogP contribution in [0.1, 0.15) is 18.5 Å². The predicted molar refractivity (Wildman–Crippen MR) is 75.5 cm³/mol. The van der Waals surface area contributed by atoms with Crippen LogP contribution in [-0.4, -0.2) is 28.5 Å². The quantitative estimate of drug-likeness (QED) is 0.473. The van der Waals surface area contributed by atoms with Gasteiger partial charge in [-0.15, -0.1) is 12.4 Å². The van der Waals surface area contributed by atoms with Gasteiger partial charge in [0.1, 0.15) is 11.8 Å². The molecule has 0 aromatic heterocycles. The highest BCUT2D eigenvalue weighted by atomic mass is 35.5. The molecule has 0 bridgehead atoms. The molecule has 11 heteroatoms. The van der Waals surface area contributed by atoms with Gasteiger partial charge in [0.15, 0.2) is 0 Å². The molecule has 3 N–H and O–H groups in total. The normalized spacial score (nSPS) is 12.2. The minimum Gasteiger partial charge on any atom is -0.506 e. The Hall–Kier alpha value is -1.71. The molecular formula is C11H12Cl2F2N2O5. The van der Waals surface area contributed by atoms with Gasteiger partial charge in [-0.05, 0) is 13.0 Å². The Balaban J connectivity index is 0.00000441. The summed E-state index contributed by atoms with van der Waals surface area (Å²) in [6.45, 7) is 0.976. The Morgan fingerprint density at radius 1 is 1.59 bits per heavy atom. The standard InChI is InChI=1S/C11H11ClF2N2O5.ClH/c1-2-21-10(18)11(13,14)9(15)7-6(16(19)20)4-3-5(12)8(7)17;/h3-4,9,17H,2,15H2,1H3;1H/t9-;/m0./s1. The molecule has 22 heavy (non-hydrogen) atoms. The number of nitrogens with two attached hydrogens (primary N) is 1. The molecule has 0 amide bonds. The van der Waals surface area contributed by atoms with Crippen molar-refractivity contribution in [1.29, 1.82) is 0 Å². The average molecular weight is 361 g/mol. The summed E-state index contributed by atoms with van der Waals surface area (Å²) < 4.78 is 31.9. The van der Waals surface area contributed by atoms with Crippen molar-refractivity contribution in [1.82, 2.24) is 0 Å². The summed E-state index contributed by atoms with van der Waals surface area (Å²) in [5.74, 6) is -7.21. The van der Waals surface area contributed by atoms with Gasteiger partial charge in [-0.3, -0.25) is 10.1 Å². The number of hydrogen-bond donors (Lipinski definition) is 2.